The van der Waals surface area contributed by atoms with Crippen LogP contribution in [0.4, 0.5) is 5.69 Å². The number of carboxylic acid groups (broad SMARTS) is 7. The molecule has 0 radical (unpaired) electrons. The van der Waals surface area contributed by atoms with Crippen LogP contribution >= 0.6 is 7.75 Å². The molecule has 0 bridgehead atoms. The molecule has 2 aromatic carbocycles. The maximum Gasteiger partial charge on any atom is 0.403 e. The van der Waals surface area contributed by atoms with Crippen molar-refractivity contribution in [3.63, 3.8) is 0 Å². The number of carbonyl (C=O) groups excluding carboxylic acids is 5. The van der Waals surface area contributed by atoms with Crippen LogP contribution < -0.4 is 31.3 Å². The van der Waals surface area contributed by atoms with Crippen LogP contribution in [0.15, 0.2) is 48.5 Å². The first kappa shape index (κ1) is 87.6. The zero-order valence-corrected chi connectivity index (χ0v) is 59.6. The average Bonchev–Trinajstić information content (AvgIpc) is 1.52. The quantitative estimate of drug-likeness (QED) is 0.0218. The van der Waals surface area contributed by atoms with E-state index in [1.807, 2.05) is 53.4 Å². The molecule has 41 heteroatoms. The predicted molar refractivity (Wildman–Crippen MR) is 370 cm³/mol. The lowest BCUT2D eigenvalue weighted by Crippen LogP contribution is -2.49. The number of para-hydroxylation sites is 1. The molecule has 3 heterocycles. The number of hydrogen-bond donors (Lipinski definition) is 13. The molecule has 1 saturated heterocycles. The first-order valence-electron chi connectivity index (χ1n) is 34.3. The highest BCUT2D eigenvalue weighted by Crippen LogP contribution is 2.41. The zero-order chi connectivity index (χ0) is 77.4. The summed E-state index contributed by atoms with van der Waals surface area (Å²) in [6, 6.07) is 9.97. The Bertz CT molecular complexity index is 3410. The van der Waals surface area contributed by atoms with Crippen molar-refractivity contribution >= 4 is 84.8 Å². The van der Waals surface area contributed by atoms with Gasteiger partial charge in [0.1, 0.15) is 23.8 Å². The number of carboxylic acids is 7. The van der Waals surface area contributed by atoms with E-state index in [2.05, 4.69) is 31.6 Å². The average molecular weight is 1520 g/mol. The number of amides is 5. The van der Waals surface area contributed by atoms with E-state index < -0.39 is 118 Å². The van der Waals surface area contributed by atoms with Crippen LogP contribution in [-0.4, -0.2) is 329 Å². The Morgan fingerprint density at radius 2 is 0.906 bits per heavy atom. The molecule has 13 N–H and O–H groups in total. The van der Waals surface area contributed by atoms with Crippen LogP contribution in [0.5, 0.6) is 0 Å². The van der Waals surface area contributed by atoms with Crippen molar-refractivity contribution in [1.82, 2.24) is 60.9 Å². The molecule has 5 amide bonds. The highest BCUT2D eigenvalue weighted by atomic mass is 31.2. The number of rotatable bonds is 50. The number of hydrogen-bond acceptors (Lipinski definition) is 25. The number of benzene rings is 2. The van der Waals surface area contributed by atoms with Gasteiger partial charge in [-0.2, -0.15) is 0 Å². The molecule has 1 aromatic heterocycles. The molecule has 3 aromatic rings. The van der Waals surface area contributed by atoms with Gasteiger partial charge in [0.25, 0.3) is 0 Å². The molecule has 0 aliphatic carbocycles. The zero-order valence-electron chi connectivity index (χ0n) is 58.7. The summed E-state index contributed by atoms with van der Waals surface area (Å²) in [5.74, 6) is -11.7. The van der Waals surface area contributed by atoms with Gasteiger partial charge in [-0.15, -0.1) is 5.10 Å². The smallest absolute Gasteiger partial charge is 0.403 e. The molecule has 40 nitrogen and oxygen atoms in total. The van der Waals surface area contributed by atoms with Crippen LogP contribution in [0.2, 0.25) is 0 Å². The summed E-state index contributed by atoms with van der Waals surface area (Å²) in [5, 5.41) is 86.8. The fourth-order valence-corrected chi connectivity index (χ4v) is 12.0. The Morgan fingerprint density at radius 3 is 1.42 bits per heavy atom. The van der Waals surface area contributed by atoms with Crippen LogP contribution in [-0.2, 0) is 103 Å². The van der Waals surface area contributed by atoms with E-state index in [1.165, 1.54) is 0 Å². The summed E-state index contributed by atoms with van der Waals surface area (Å²) in [5.41, 5.74) is 4.17. The molecule has 1 unspecified atom stereocenters. The maximum absolute atomic E-state index is 14.1. The number of ether oxygens (including phenoxy) is 5. The molecule has 1 fully saturated rings. The van der Waals surface area contributed by atoms with Crippen LogP contribution in [0.25, 0.3) is 22.5 Å². The van der Waals surface area contributed by atoms with Gasteiger partial charge in [0.2, 0.25) is 29.5 Å². The topological polar surface area (TPSA) is 546 Å². The molecule has 0 saturated carbocycles. The van der Waals surface area contributed by atoms with E-state index >= 15 is 0 Å². The number of aliphatic carboxylic acids is 7. The molecule has 4 atom stereocenters. The molecule has 0 spiro atoms. The van der Waals surface area contributed by atoms with Crippen molar-refractivity contribution in [2.75, 3.05) is 169 Å². The lowest BCUT2D eigenvalue weighted by Gasteiger charge is -2.32. The van der Waals surface area contributed by atoms with E-state index in [4.69, 9.17) is 33.3 Å². The SMILES string of the molecule is O=C(O)CC[C@H](NP(=O)(O)OCC[C@H](NC(=O)CC[C@@H](NC(=O)CCOCCOCCOCCOCCOCCC(=O)NCCC(=O)N1Cc2ccccc2-c2c(nnn2CCCNC(=O)CN2CCN(CC(=O)O)CCN(CC(=O)O)CCN(CC(=O)O)CC2)-c2ccccc21)C(=O)O)C(=O)O)C(=O)O. The summed E-state index contributed by atoms with van der Waals surface area (Å²) < 4.78 is 46.1. The van der Waals surface area contributed by atoms with Gasteiger partial charge < -0.3 is 90.5 Å². The van der Waals surface area contributed by atoms with E-state index in [9.17, 15) is 97.6 Å². The fraction of sp³-hybridized carbons (Fsp3) is 0.600. The van der Waals surface area contributed by atoms with Crippen molar-refractivity contribution in [1.29, 1.82) is 0 Å². The summed E-state index contributed by atoms with van der Waals surface area (Å²) >= 11 is 0. The summed E-state index contributed by atoms with van der Waals surface area (Å²) in [7, 11) is -4.87. The first-order valence-corrected chi connectivity index (χ1v) is 35.9. The van der Waals surface area contributed by atoms with Crippen molar-refractivity contribution < 1.29 is 131 Å². The third-order valence-electron chi connectivity index (χ3n) is 16.3. The van der Waals surface area contributed by atoms with E-state index in [-0.39, 0.29) is 188 Å². The summed E-state index contributed by atoms with van der Waals surface area (Å²) in [6.45, 7) is 2.99. The Morgan fingerprint density at radius 1 is 0.462 bits per heavy atom. The van der Waals surface area contributed by atoms with Crippen molar-refractivity contribution in [2.45, 2.75) is 89.0 Å². The van der Waals surface area contributed by atoms with Gasteiger partial charge in [-0.3, -0.25) is 72.1 Å². The Kier molecular flexibility index (Phi) is 39.3. The molecule has 2 aliphatic rings. The van der Waals surface area contributed by atoms with Gasteiger partial charge in [-0.05, 0) is 30.9 Å². The van der Waals surface area contributed by atoms with Crippen molar-refractivity contribution in [2.24, 2.45) is 0 Å². The van der Waals surface area contributed by atoms with E-state index in [0.717, 1.165) is 16.8 Å². The minimum atomic E-state index is -4.87. The highest BCUT2D eigenvalue weighted by Gasteiger charge is 2.33. The number of anilines is 1. The van der Waals surface area contributed by atoms with E-state index in [1.54, 1.807) is 29.4 Å². The number of nitrogens with zero attached hydrogens (tertiary/aromatic N) is 8. The van der Waals surface area contributed by atoms with Gasteiger partial charge in [-0.25, -0.2) is 23.9 Å². The predicted octanol–water partition coefficient (Wildman–Crippen LogP) is -1.86. The lowest BCUT2D eigenvalue weighted by atomic mass is 9.95. The van der Waals surface area contributed by atoms with Crippen molar-refractivity contribution in [3.8, 4) is 22.5 Å². The first-order chi connectivity index (χ1) is 50.7. The minimum absolute atomic E-state index is 0.0117. The Hall–Kier alpha value is -9.03. The Balaban J connectivity index is 0.920. The van der Waals surface area contributed by atoms with Crippen molar-refractivity contribution in [3.05, 3.63) is 54.1 Å². The lowest BCUT2D eigenvalue weighted by molar-refractivity contribution is -0.143. The highest BCUT2D eigenvalue weighted by molar-refractivity contribution is 7.50. The monoisotopic (exact) mass is 1520 g/mol. The molecule has 588 valence electrons. The second kappa shape index (κ2) is 47.5. The number of aryl methyl sites for hydroxylation is 1. The largest absolute Gasteiger partial charge is 0.481 e. The van der Waals surface area contributed by atoms with Gasteiger partial charge >= 0.3 is 49.5 Å². The number of nitrogens with one attached hydrogen (secondary N) is 5. The van der Waals surface area contributed by atoms with Gasteiger partial charge in [0.15, 0.2) is 0 Å². The molecular formula is C65H96N13O27P. The summed E-state index contributed by atoms with van der Waals surface area (Å²) in [4.78, 5) is 164. The van der Waals surface area contributed by atoms with Crippen LogP contribution in [0.3, 0.4) is 0 Å². The number of aromatic nitrogens is 3. The number of fused-ring (bicyclic) bond motifs is 5. The standard InChI is InChI=1S/C65H96N13O27P/c79-52(16-29-100-32-34-102-36-38-104-39-37-103-35-33-101-30-17-54(81)68-48(63(92)93)10-12-53(80)69-49(64(94)95)15-31-105-106(98,99)71-50(65(96)97)11-13-57(84)85)67-19-14-56(83)77-40-45-6-1-2-7-46(45)62-61(47-8-3-4-9-51(47)77)70-72-78(62)20-5-18-66-55(82)41-73-21-23-74(42-58(86)87)25-27-76(44-60(90)91)28-26-75(24-22-73)43-59(88)89/h1-4,6-9,48-50H,5,10-44H2,(H,66,82)(H,67,79)(H,68,81)(H,69,80)(H,84,85)(H,86,87)(H,88,89)(H,90,91)(H,92,93)(H,94,95)(H,96,97)(H2,71,98,99)/t48-,49+,50+/m1/s1. The van der Waals surface area contributed by atoms with E-state index in [0.29, 0.717) is 43.0 Å². The second-order valence-electron chi connectivity index (χ2n) is 24.4. The number of carbonyl (C=O) groups is 12. The third kappa shape index (κ3) is 34.0. The molecule has 5 rings (SSSR count). The maximum atomic E-state index is 14.1. The van der Waals surface area contributed by atoms with Crippen LogP contribution in [0, 0.1) is 0 Å². The minimum Gasteiger partial charge on any atom is -0.481 e. The molecular weight excluding hydrogens is 1430 g/mol. The molecule has 2 aliphatic heterocycles. The fourth-order valence-electron chi connectivity index (χ4n) is 10.9. The second-order valence-corrected chi connectivity index (χ2v) is 25.9. The molecule has 106 heavy (non-hydrogen) atoms. The summed E-state index contributed by atoms with van der Waals surface area (Å²) in [6.07, 6.45) is -2.57. The van der Waals surface area contributed by atoms with Gasteiger partial charge in [0, 0.05) is 122 Å². The normalized spacial score (nSPS) is 15.4. The van der Waals surface area contributed by atoms with Gasteiger partial charge in [-0.1, -0.05) is 47.7 Å². The third-order valence-corrected chi connectivity index (χ3v) is 17.5. The van der Waals surface area contributed by atoms with Crippen LogP contribution in [0.1, 0.15) is 63.4 Å². The Labute approximate surface area is 609 Å². The van der Waals surface area contributed by atoms with Gasteiger partial charge in [0.05, 0.1) is 117 Å².